The van der Waals surface area contributed by atoms with Gasteiger partial charge in [-0.3, -0.25) is 9.78 Å². The first-order valence-electron chi connectivity index (χ1n) is 7.12. The highest BCUT2D eigenvalue weighted by Crippen LogP contribution is 2.15. The maximum absolute atomic E-state index is 11.8. The summed E-state index contributed by atoms with van der Waals surface area (Å²) in [5.74, 6) is 0.979. The van der Waals surface area contributed by atoms with E-state index in [-0.39, 0.29) is 5.91 Å². The number of pyridine rings is 1. The lowest BCUT2D eigenvalue weighted by molar-refractivity contribution is -0.121. The second-order valence-electron chi connectivity index (χ2n) is 5.41. The third-order valence-electron chi connectivity index (χ3n) is 3.77. The number of rotatable bonds is 5. The minimum absolute atomic E-state index is 0.135. The van der Waals surface area contributed by atoms with Crippen LogP contribution in [0.4, 0.5) is 0 Å². The van der Waals surface area contributed by atoms with Gasteiger partial charge in [-0.05, 0) is 49.5 Å². The Morgan fingerprint density at radius 3 is 2.74 bits per heavy atom. The molecule has 4 heteroatoms. The Labute approximate surface area is 115 Å². The van der Waals surface area contributed by atoms with E-state index in [0.717, 1.165) is 31.1 Å². The summed E-state index contributed by atoms with van der Waals surface area (Å²) in [5, 5.41) is 2.95. The Hall–Kier alpha value is -1.42. The topological polar surface area (TPSA) is 45.2 Å². The summed E-state index contributed by atoms with van der Waals surface area (Å²) in [7, 11) is 0. The van der Waals surface area contributed by atoms with Crippen LogP contribution in [0.5, 0.6) is 0 Å². The maximum atomic E-state index is 11.8. The van der Waals surface area contributed by atoms with Crippen LogP contribution < -0.4 is 5.32 Å². The average Bonchev–Trinajstić information content (AvgIpc) is 2.45. The van der Waals surface area contributed by atoms with Gasteiger partial charge in [-0.25, -0.2) is 0 Å². The molecule has 2 rings (SSSR count). The van der Waals surface area contributed by atoms with E-state index in [4.69, 9.17) is 0 Å². The zero-order chi connectivity index (χ0) is 13.5. The van der Waals surface area contributed by atoms with Gasteiger partial charge in [-0.15, -0.1) is 0 Å². The molecule has 1 aromatic rings. The Morgan fingerprint density at radius 2 is 2.05 bits per heavy atom. The Bertz CT molecular complexity index is 386. The fourth-order valence-corrected chi connectivity index (χ4v) is 2.34. The second-order valence-corrected chi connectivity index (χ2v) is 5.41. The van der Waals surface area contributed by atoms with Gasteiger partial charge >= 0.3 is 0 Å². The fourth-order valence-electron chi connectivity index (χ4n) is 2.34. The van der Waals surface area contributed by atoms with E-state index in [1.54, 1.807) is 12.4 Å². The van der Waals surface area contributed by atoms with Crippen LogP contribution in [-0.2, 0) is 11.3 Å². The van der Waals surface area contributed by atoms with Crippen molar-refractivity contribution in [2.24, 2.45) is 5.92 Å². The average molecular weight is 261 g/mol. The van der Waals surface area contributed by atoms with E-state index in [2.05, 4.69) is 22.1 Å². The monoisotopic (exact) mass is 261 g/mol. The molecule has 1 aromatic heterocycles. The van der Waals surface area contributed by atoms with Gasteiger partial charge in [-0.1, -0.05) is 6.92 Å². The van der Waals surface area contributed by atoms with Crippen molar-refractivity contribution in [3.63, 3.8) is 0 Å². The Morgan fingerprint density at radius 1 is 1.37 bits per heavy atom. The minimum Gasteiger partial charge on any atom is -0.352 e. The van der Waals surface area contributed by atoms with Gasteiger partial charge in [0.2, 0.25) is 5.91 Å². The van der Waals surface area contributed by atoms with Gasteiger partial charge in [0.25, 0.3) is 0 Å². The molecule has 0 bridgehead atoms. The number of likely N-dealkylation sites (tertiary alicyclic amines) is 1. The van der Waals surface area contributed by atoms with Crippen LogP contribution in [0.25, 0.3) is 0 Å². The minimum atomic E-state index is 0.135. The van der Waals surface area contributed by atoms with Crippen molar-refractivity contribution in [1.29, 1.82) is 0 Å². The van der Waals surface area contributed by atoms with Gasteiger partial charge in [0.05, 0.1) is 0 Å². The first kappa shape index (κ1) is 14.0. The molecule has 0 spiro atoms. The number of carbonyl (C=O) groups is 1. The van der Waals surface area contributed by atoms with E-state index in [1.807, 2.05) is 12.1 Å². The van der Waals surface area contributed by atoms with Crippen LogP contribution in [0.2, 0.25) is 0 Å². The summed E-state index contributed by atoms with van der Waals surface area (Å²) in [6, 6.07) is 3.85. The van der Waals surface area contributed by atoms with Crippen molar-refractivity contribution in [2.45, 2.75) is 32.7 Å². The quantitative estimate of drug-likeness (QED) is 0.879. The highest BCUT2D eigenvalue weighted by atomic mass is 16.1. The molecule has 1 amide bonds. The number of aromatic nitrogens is 1. The number of nitrogens with one attached hydrogen (secondary N) is 1. The van der Waals surface area contributed by atoms with Crippen LogP contribution in [-0.4, -0.2) is 35.4 Å². The number of amides is 1. The highest BCUT2D eigenvalue weighted by molar-refractivity contribution is 5.76. The lowest BCUT2D eigenvalue weighted by atomic mass is 9.99. The lowest BCUT2D eigenvalue weighted by Crippen LogP contribution is -2.36. The van der Waals surface area contributed by atoms with Crippen LogP contribution in [0.15, 0.2) is 24.5 Å². The van der Waals surface area contributed by atoms with Gasteiger partial charge in [0, 0.05) is 31.9 Å². The van der Waals surface area contributed by atoms with Crippen molar-refractivity contribution in [3.8, 4) is 0 Å². The molecule has 1 aliphatic heterocycles. The van der Waals surface area contributed by atoms with Crippen molar-refractivity contribution in [2.75, 3.05) is 19.6 Å². The molecule has 0 aliphatic carbocycles. The van der Waals surface area contributed by atoms with E-state index in [1.165, 1.54) is 12.8 Å². The molecule has 1 N–H and O–H groups in total. The SMILES string of the molecule is CC1CCN(CCC(=O)NCc2ccncc2)CC1. The normalized spacial score (nSPS) is 17.3. The lowest BCUT2D eigenvalue weighted by Gasteiger charge is -2.29. The van der Waals surface area contributed by atoms with Crippen molar-refractivity contribution < 1.29 is 4.79 Å². The molecule has 0 atom stereocenters. The summed E-state index contributed by atoms with van der Waals surface area (Å²) in [4.78, 5) is 18.1. The summed E-state index contributed by atoms with van der Waals surface area (Å²) >= 11 is 0. The number of hydrogen-bond acceptors (Lipinski definition) is 3. The Balaban J connectivity index is 1.62. The molecule has 2 heterocycles. The second kappa shape index (κ2) is 7.24. The van der Waals surface area contributed by atoms with Crippen LogP contribution in [0.1, 0.15) is 31.7 Å². The fraction of sp³-hybridized carbons (Fsp3) is 0.600. The molecule has 1 fully saturated rings. The molecular formula is C15H23N3O. The molecule has 0 unspecified atom stereocenters. The largest absolute Gasteiger partial charge is 0.352 e. The number of carbonyl (C=O) groups excluding carboxylic acids is 1. The molecule has 1 aliphatic rings. The van der Waals surface area contributed by atoms with Gasteiger partial charge in [0.1, 0.15) is 0 Å². The van der Waals surface area contributed by atoms with E-state index in [0.29, 0.717) is 13.0 Å². The van der Waals surface area contributed by atoms with Gasteiger partial charge in [0.15, 0.2) is 0 Å². The summed E-state index contributed by atoms with van der Waals surface area (Å²) in [6.07, 6.45) is 6.61. The number of nitrogens with zero attached hydrogens (tertiary/aromatic N) is 2. The zero-order valence-electron chi connectivity index (χ0n) is 11.6. The standard InChI is InChI=1S/C15H23N3O/c1-13-4-9-18(10-5-13)11-6-15(19)17-12-14-2-7-16-8-3-14/h2-3,7-8,13H,4-6,9-12H2,1H3,(H,17,19). The summed E-state index contributed by atoms with van der Waals surface area (Å²) in [6.45, 7) is 6.06. The number of piperidine rings is 1. The van der Waals surface area contributed by atoms with Crippen molar-refractivity contribution in [3.05, 3.63) is 30.1 Å². The Kier molecular flexibility index (Phi) is 5.33. The van der Waals surface area contributed by atoms with Crippen molar-refractivity contribution >= 4 is 5.91 Å². The van der Waals surface area contributed by atoms with Crippen LogP contribution in [0.3, 0.4) is 0 Å². The summed E-state index contributed by atoms with van der Waals surface area (Å²) in [5.41, 5.74) is 1.09. The predicted molar refractivity (Wildman–Crippen MR) is 75.5 cm³/mol. The zero-order valence-corrected chi connectivity index (χ0v) is 11.6. The van der Waals surface area contributed by atoms with Gasteiger partial charge in [-0.2, -0.15) is 0 Å². The third kappa shape index (κ3) is 4.99. The molecule has 0 radical (unpaired) electrons. The van der Waals surface area contributed by atoms with E-state index < -0.39 is 0 Å². The van der Waals surface area contributed by atoms with Gasteiger partial charge < -0.3 is 10.2 Å². The number of hydrogen-bond donors (Lipinski definition) is 1. The van der Waals surface area contributed by atoms with E-state index in [9.17, 15) is 4.79 Å². The first-order chi connectivity index (χ1) is 9.24. The molecule has 19 heavy (non-hydrogen) atoms. The molecule has 104 valence electrons. The highest BCUT2D eigenvalue weighted by Gasteiger charge is 2.15. The molecule has 0 saturated carbocycles. The van der Waals surface area contributed by atoms with E-state index >= 15 is 0 Å². The van der Waals surface area contributed by atoms with Crippen LogP contribution in [0, 0.1) is 5.92 Å². The predicted octanol–water partition coefficient (Wildman–Crippen LogP) is 1.82. The van der Waals surface area contributed by atoms with Crippen LogP contribution >= 0.6 is 0 Å². The first-order valence-corrected chi connectivity index (χ1v) is 7.12. The summed E-state index contributed by atoms with van der Waals surface area (Å²) < 4.78 is 0. The molecule has 4 nitrogen and oxygen atoms in total. The molecule has 1 saturated heterocycles. The third-order valence-corrected chi connectivity index (χ3v) is 3.77. The maximum Gasteiger partial charge on any atom is 0.221 e. The smallest absolute Gasteiger partial charge is 0.221 e. The molecule has 0 aromatic carbocycles. The molecular weight excluding hydrogens is 238 g/mol. The van der Waals surface area contributed by atoms with Crippen molar-refractivity contribution in [1.82, 2.24) is 15.2 Å².